The highest BCUT2D eigenvalue weighted by molar-refractivity contribution is 5.76. The number of amidine groups is 1. The molecule has 19 heavy (non-hydrogen) atoms. The SMILES string of the molecule is CCN1CCCC1CCOC1=NC(N)=C(F)CN1C. The van der Waals surface area contributed by atoms with Crippen molar-refractivity contribution in [1.29, 1.82) is 0 Å². The maximum atomic E-state index is 13.2. The van der Waals surface area contributed by atoms with E-state index in [4.69, 9.17) is 10.5 Å². The van der Waals surface area contributed by atoms with E-state index in [-0.39, 0.29) is 12.4 Å². The van der Waals surface area contributed by atoms with Crippen molar-refractivity contribution in [3.05, 3.63) is 11.6 Å². The van der Waals surface area contributed by atoms with E-state index in [2.05, 4.69) is 16.8 Å². The third kappa shape index (κ3) is 3.37. The minimum absolute atomic E-state index is 0.0656. The lowest BCUT2D eigenvalue weighted by Crippen LogP contribution is -2.36. The molecule has 0 radical (unpaired) electrons. The van der Waals surface area contributed by atoms with Gasteiger partial charge in [0.25, 0.3) is 6.02 Å². The molecular formula is C13H23FN4O. The molecule has 1 fully saturated rings. The van der Waals surface area contributed by atoms with Crippen molar-refractivity contribution in [3.8, 4) is 0 Å². The minimum Gasteiger partial charge on any atom is -0.465 e. The number of hydrogen-bond donors (Lipinski definition) is 1. The second-order valence-electron chi connectivity index (χ2n) is 5.10. The molecule has 2 rings (SSSR count). The number of likely N-dealkylation sites (N-methyl/N-ethyl adjacent to an activating group) is 1. The lowest BCUT2D eigenvalue weighted by atomic mass is 10.1. The Morgan fingerprint density at radius 2 is 2.32 bits per heavy atom. The zero-order chi connectivity index (χ0) is 13.8. The predicted molar refractivity (Wildman–Crippen MR) is 73.2 cm³/mol. The molecular weight excluding hydrogens is 247 g/mol. The van der Waals surface area contributed by atoms with Crippen molar-refractivity contribution in [2.75, 3.05) is 33.3 Å². The Labute approximate surface area is 113 Å². The molecule has 0 aliphatic carbocycles. The summed E-state index contributed by atoms with van der Waals surface area (Å²) in [5.41, 5.74) is 5.47. The smallest absolute Gasteiger partial charge is 0.294 e. The van der Waals surface area contributed by atoms with Crippen LogP contribution in [0.25, 0.3) is 0 Å². The van der Waals surface area contributed by atoms with Crippen molar-refractivity contribution >= 4 is 6.02 Å². The first-order valence-electron chi connectivity index (χ1n) is 6.92. The molecule has 0 aromatic carbocycles. The highest BCUT2D eigenvalue weighted by Crippen LogP contribution is 2.20. The molecule has 2 aliphatic rings. The molecule has 2 aliphatic heterocycles. The van der Waals surface area contributed by atoms with E-state index < -0.39 is 5.83 Å². The fourth-order valence-electron chi connectivity index (χ4n) is 2.67. The van der Waals surface area contributed by atoms with Crippen LogP contribution in [0.5, 0.6) is 0 Å². The number of aliphatic imine (C=N–C) groups is 1. The van der Waals surface area contributed by atoms with Gasteiger partial charge in [0.15, 0.2) is 11.6 Å². The van der Waals surface area contributed by atoms with Crippen molar-refractivity contribution in [2.45, 2.75) is 32.2 Å². The number of halogens is 1. The topological polar surface area (TPSA) is 54.1 Å². The fraction of sp³-hybridized carbons (Fsp3) is 0.769. The van der Waals surface area contributed by atoms with Gasteiger partial charge in [-0.1, -0.05) is 6.92 Å². The zero-order valence-corrected chi connectivity index (χ0v) is 11.7. The second kappa shape index (κ2) is 6.23. The first-order chi connectivity index (χ1) is 9.11. The summed E-state index contributed by atoms with van der Waals surface area (Å²) >= 11 is 0. The summed E-state index contributed by atoms with van der Waals surface area (Å²) in [7, 11) is 1.75. The Kier molecular flexibility index (Phi) is 4.63. The summed E-state index contributed by atoms with van der Waals surface area (Å²) in [6.45, 7) is 5.19. The Balaban J connectivity index is 1.81. The molecule has 1 unspecified atom stereocenters. The van der Waals surface area contributed by atoms with Crippen molar-refractivity contribution in [3.63, 3.8) is 0 Å². The largest absolute Gasteiger partial charge is 0.465 e. The molecule has 0 bridgehead atoms. The van der Waals surface area contributed by atoms with Gasteiger partial charge in [-0.25, -0.2) is 4.39 Å². The minimum atomic E-state index is -0.400. The van der Waals surface area contributed by atoms with E-state index in [1.54, 1.807) is 11.9 Å². The average Bonchev–Trinajstić information content (AvgIpc) is 2.83. The Hall–Kier alpha value is -1.30. The molecule has 108 valence electrons. The third-order valence-corrected chi connectivity index (χ3v) is 3.78. The summed E-state index contributed by atoms with van der Waals surface area (Å²) in [5, 5.41) is 0. The summed E-state index contributed by atoms with van der Waals surface area (Å²) in [5.74, 6) is -0.466. The maximum Gasteiger partial charge on any atom is 0.294 e. The first kappa shape index (κ1) is 14.1. The molecule has 5 nitrogen and oxygen atoms in total. The van der Waals surface area contributed by atoms with Gasteiger partial charge in [-0.3, -0.25) is 0 Å². The maximum absolute atomic E-state index is 13.2. The molecule has 1 atom stereocenters. The van der Waals surface area contributed by atoms with Gasteiger partial charge in [0.1, 0.15) is 0 Å². The highest BCUT2D eigenvalue weighted by Gasteiger charge is 2.24. The van der Waals surface area contributed by atoms with Crippen LogP contribution in [0.1, 0.15) is 26.2 Å². The van der Waals surface area contributed by atoms with E-state index >= 15 is 0 Å². The second-order valence-corrected chi connectivity index (χ2v) is 5.10. The summed E-state index contributed by atoms with van der Waals surface area (Å²) in [6.07, 6.45) is 3.48. The number of likely N-dealkylation sites (tertiary alicyclic amines) is 1. The number of hydrogen-bond acceptors (Lipinski definition) is 5. The molecule has 0 aromatic rings. The standard InChI is InChI=1S/C13H23FN4O/c1-3-18-7-4-5-10(18)6-8-19-13-16-12(15)11(14)9-17(13)2/h10H,3-9,15H2,1-2H3. The molecule has 0 amide bonds. The van der Waals surface area contributed by atoms with Gasteiger partial charge in [0.05, 0.1) is 13.2 Å². The van der Waals surface area contributed by atoms with Gasteiger partial charge in [-0.2, -0.15) is 4.99 Å². The van der Waals surface area contributed by atoms with E-state index in [0.29, 0.717) is 18.7 Å². The summed E-state index contributed by atoms with van der Waals surface area (Å²) in [6, 6.07) is 1.02. The van der Waals surface area contributed by atoms with Crippen LogP contribution < -0.4 is 5.73 Å². The van der Waals surface area contributed by atoms with Crippen LogP contribution in [0, 0.1) is 0 Å². The predicted octanol–water partition coefficient (Wildman–Crippen LogP) is 1.28. The van der Waals surface area contributed by atoms with Crippen molar-refractivity contribution in [1.82, 2.24) is 9.80 Å². The molecule has 1 saturated heterocycles. The lowest BCUT2D eigenvalue weighted by molar-refractivity contribution is 0.186. The third-order valence-electron chi connectivity index (χ3n) is 3.78. The number of nitrogens with two attached hydrogens (primary N) is 1. The molecule has 6 heteroatoms. The van der Waals surface area contributed by atoms with Gasteiger partial charge in [-0.05, 0) is 32.4 Å². The van der Waals surface area contributed by atoms with E-state index in [1.165, 1.54) is 19.4 Å². The van der Waals surface area contributed by atoms with Crippen molar-refractivity contribution < 1.29 is 9.13 Å². The number of nitrogens with zero attached hydrogens (tertiary/aromatic N) is 3. The molecule has 2 N–H and O–H groups in total. The van der Waals surface area contributed by atoms with Gasteiger partial charge in [0.2, 0.25) is 0 Å². The van der Waals surface area contributed by atoms with Crippen LogP contribution in [0.4, 0.5) is 4.39 Å². The zero-order valence-electron chi connectivity index (χ0n) is 11.7. The van der Waals surface area contributed by atoms with Crippen LogP contribution >= 0.6 is 0 Å². The Morgan fingerprint density at radius 1 is 1.53 bits per heavy atom. The van der Waals surface area contributed by atoms with E-state index in [9.17, 15) is 4.39 Å². The number of ether oxygens (including phenoxy) is 1. The van der Waals surface area contributed by atoms with Gasteiger partial charge < -0.3 is 20.3 Å². The van der Waals surface area contributed by atoms with Crippen LogP contribution in [0.15, 0.2) is 16.6 Å². The first-order valence-corrected chi connectivity index (χ1v) is 6.92. The quantitative estimate of drug-likeness (QED) is 0.836. The molecule has 0 spiro atoms. The van der Waals surface area contributed by atoms with Crippen LogP contribution in [0.3, 0.4) is 0 Å². The van der Waals surface area contributed by atoms with E-state index in [1.807, 2.05) is 0 Å². The average molecular weight is 270 g/mol. The van der Waals surface area contributed by atoms with Gasteiger partial charge in [-0.15, -0.1) is 0 Å². The summed E-state index contributed by atoms with van der Waals surface area (Å²) < 4.78 is 18.8. The van der Waals surface area contributed by atoms with Crippen LogP contribution in [-0.2, 0) is 4.74 Å². The van der Waals surface area contributed by atoms with Crippen LogP contribution in [-0.4, -0.2) is 55.2 Å². The highest BCUT2D eigenvalue weighted by atomic mass is 19.1. The fourth-order valence-corrected chi connectivity index (χ4v) is 2.67. The Bertz CT molecular complexity index is 383. The Morgan fingerprint density at radius 3 is 3.05 bits per heavy atom. The van der Waals surface area contributed by atoms with Gasteiger partial charge in [0, 0.05) is 13.1 Å². The monoisotopic (exact) mass is 270 g/mol. The van der Waals surface area contributed by atoms with E-state index in [0.717, 1.165) is 13.0 Å². The summed E-state index contributed by atoms with van der Waals surface area (Å²) in [4.78, 5) is 8.05. The normalized spacial score (nSPS) is 24.9. The molecule has 0 saturated carbocycles. The molecule has 2 heterocycles. The van der Waals surface area contributed by atoms with Crippen LogP contribution in [0.2, 0.25) is 0 Å². The number of rotatable bonds is 4. The van der Waals surface area contributed by atoms with Gasteiger partial charge >= 0.3 is 0 Å². The lowest BCUT2D eigenvalue weighted by Gasteiger charge is -2.26. The van der Waals surface area contributed by atoms with Crippen molar-refractivity contribution in [2.24, 2.45) is 10.7 Å². The molecule has 0 aromatic heterocycles.